The number of benzene rings is 1. The van der Waals surface area contributed by atoms with E-state index in [9.17, 15) is 0 Å². The first-order valence-electron chi connectivity index (χ1n) is 7.14. The van der Waals surface area contributed by atoms with E-state index in [4.69, 9.17) is 10.3 Å². The molecule has 1 saturated carbocycles. The molecule has 2 unspecified atom stereocenters. The molecule has 1 aliphatic rings. The van der Waals surface area contributed by atoms with Gasteiger partial charge in [0.25, 0.3) is 5.89 Å². The molecule has 1 aromatic heterocycles. The van der Waals surface area contributed by atoms with Crippen molar-refractivity contribution >= 4 is 5.69 Å². The van der Waals surface area contributed by atoms with Gasteiger partial charge in [0.2, 0.25) is 0 Å². The van der Waals surface area contributed by atoms with Crippen molar-refractivity contribution < 1.29 is 4.52 Å². The van der Waals surface area contributed by atoms with Crippen molar-refractivity contribution in [2.45, 2.75) is 32.2 Å². The predicted octanol–water partition coefficient (Wildman–Crippen LogP) is 2.58. The smallest absolute Gasteiger partial charge is 0.260 e. The number of para-hydroxylation sites is 1. The molecule has 0 saturated heterocycles. The average Bonchev–Trinajstić information content (AvgIpc) is 3.08. The molecule has 0 aliphatic heterocycles. The molecule has 106 valence electrons. The molecule has 3 rings (SSSR count). The molecule has 5 nitrogen and oxygen atoms in total. The maximum Gasteiger partial charge on any atom is 0.260 e. The molecule has 1 fully saturated rings. The number of hydrogen-bond acceptors (Lipinski definition) is 5. The van der Waals surface area contributed by atoms with Crippen LogP contribution in [0.2, 0.25) is 0 Å². The van der Waals surface area contributed by atoms with Crippen LogP contribution in [0.3, 0.4) is 0 Å². The van der Waals surface area contributed by atoms with E-state index in [1.807, 2.05) is 25.1 Å². The minimum atomic E-state index is 0.435. The van der Waals surface area contributed by atoms with Gasteiger partial charge in [-0.3, -0.25) is 0 Å². The van der Waals surface area contributed by atoms with Crippen LogP contribution in [0.15, 0.2) is 28.8 Å². The second-order valence-electron chi connectivity index (χ2n) is 5.37. The number of aromatic nitrogens is 2. The molecule has 0 spiro atoms. The monoisotopic (exact) mass is 272 g/mol. The van der Waals surface area contributed by atoms with Crippen molar-refractivity contribution in [1.82, 2.24) is 10.1 Å². The second-order valence-corrected chi connectivity index (χ2v) is 5.37. The van der Waals surface area contributed by atoms with E-state index >= 15 is 0 Å². The quantitative estimate of drug-likeness (QED) is 0.894. The molecule has 1 aromatic carbocycles. The summed E-state index contributed by atoms with van der Waals surface area (Å²) in [6.07, 6.45) is 3.61. The summed E-state index contributed by atoms with van der Waals surface area (Å²) in [5.74, 6) is 1.76. The highest BCUT2D eigenvalue weighted by atomic mass is 16.5. The lowest BCUT2D eigenvalue weighted by molar-refractivity contribution is 0.425. The Morgan fingerprint density at radius 1 is 1.35 bits per heavy atom. The zero-order chi connectivity index (χ0) is 13.9. The molecule has 0 bridgehead atoms. The lowest BCUT2D eigenvalue weighted by atomic mass is 10.0. The Morgan fingerprint density at radius 3 is 2.95 bits per heavy atom. The van der Waals surface area contributed by atoms with Gasteiger partial charge in [0.1, 0.15) is 0 Å². The van der Waals surface area contributed by atoms with E-state index in [0.29, 0.717) is 23.7 Å². The van der Waals surface area contributed by atoms with Crippen molar-refractivity contribution in [2.24, 2.45) is 11.7 Å². The van der Waals surface area contributed by atoms with E-state index in [1.165, 1.54) is 19.3 Å². The highest BCUT2D eigenvalue weighted by Crippen LogP contribution is 2.32. The molecule has 20 heavy (non-hydrogen) atoms. The Bertz CT molecular complexity index is 581. The van der Waals surface area contributed by atoms with Crippen molar-refractivity contribution in [3.05, 3.63) is 30.1 Å². The highest BCUT2D eigenvalue weighted by molar-refractivity contribution is 5.72. The van der Waals surface area contributed by atoms with E-state index in [1.54, 1.807) is 0 Å². The number of nitrogens with one attached hydrogen (secondary N) is 1. The van der Waals surface area contributed by atoms with Crippen LogP contribution in [0.4, 0.5) is 5.69 Å². The molecule has 0 amide bonds. The van der Waals surface area contributed by atoms with Crippen LogP contribution in [-0.4, -0.2) is 22.7 Å². The number of nitrogens with zero attached hydrogens (tertiary/aromatic N) is 2. The second kappa shape index (κ2) is 5.63. The lowest BCUT2D eigenvalue weighted by Crippen LogP contribution is -2.29. The fourth-order valence-electron chi connectivity index (χ4n) is 2.91. The molecule has 1 aliphatic carbocycles. The van der Waals surface area contributed by atoms with E-state index < -0.39 is 0 Å². The van der Waals surface area contributed by atoms with Crippen LogP contribution in [0, 0.1) is 12.8 Å². The van der Waals surface area contributed by atoms with E-state index in [-0.39, 0.29) is 0 Å². The minimum Gasteiger partial charge on any atom is -0.381 e. The van der Waals surface area contributed by atoms with Gasteiger partial charge in [-0.05, 0) is 44.4 Å². The third-order valence-electron chi connectivity index (χ3n) is 3.99. The van der Waals surface area contributed by atoms with Crippen LogP contribution in [0.5, 0.6) is 0 Å². The van der Waals surface area contributed by atoms with Crippen LogP contribution >= 0.6 is 0 Å². The van der Waals surface area contributed by atoms with Crippen molar-refractivity contribution in [2.75, 3.05) is 11.9 Å². The first kappa shape index (κ1) is 13.1. The molecular formula is C15H20N4O. The minimum absolute atomic E-state index is 0.435. The van der Waals surface area contributed by atoms with Gasteiger partial charge in [-0.1, -0.05) is 23.7 Å². The molecule has 3 N–H and O–H groups in total. The average molecular weight is 272 g/mol. The van der Waals surface area contributed by atoms with Crippen LogP contribution in [0.25, 0.3) is 11.5 Å². The maximum absolute atomic E-state index is 5.85. The largest absolute Gasteiger partial charge is 0.381 e. The lowest BCUT2D eigenvalue weighted by Gasteiger charge is -2.21. The van der Waals surface area contributed by atoms with Crippen LogP contribution in [0.1, 0.15) is 25.1 Å². The molecule has 2 aromatic rings. The summed E-state index contributed by atoms with van der Waals surface area (Å²) in [5, 5.41) is 7.47. The summed E-state index contributed by atoms with van der Waals surface area (Å²) < 4.78 is 5.28. The number of rotatable bonds is 4. The normalized spacial score (nSPS) is 22.1. The third kappa shape index (κ3) is 2.54. The van der Waals surface area contributed by atoms with Crippen molar-refractivity contribution in [3.63, 3.8) is 0 Å². The number of hydrogen-bond donors (Lipinski definition) is 2. The number of aryl methyl sites for hydroxylation is 1. The van der Waals surface area contributed by atoms with Crippen LogP contribution < -0.4 is 11.1 Å². The van der Waals surface area contributed by atoms with Gasteiger partial charge >= 0.3 is 0 Å². The predicted molar refractivity (Wildman–Crippen MR) is 78.3 cm³/mol. The highest BCUT2D eigenvalue weighted by Gasteiger charge is 2.26. The van der Waals surface area contributed by atoms with Gasteiger partial charge < -0.3 is 15.6 Å². The molecule has 5 heteroatoms. The van der Waals surface area contributed by atoms with Crippen molar-refractivity contribution in [1.29, 1.82) is 0 Å². The fourth-order valence-corrected chi connectivity index (χ4v) is 2.91. The Hall–Kier alpha value is -1.88. The summed E-state index contributed by atoms with van der Waals surface area (Å²) in [5.41, 5.74) is 7.85. The topological polar surface area (TPSA) is 77.0 Å². The molecule has 2 atom stereocenters. The Morgan fingerprint density at radius 2 is 2.20 bits per heavy atom. The molecule has 1 heterocycles. The van der Waals surface area contributed by atoms with E-state index in [0.717, 1.165) is 17.8 Å². The third-order valence-corrected chi connectivity index (χ3v) is 3.99. The Kier molecular flexibility index (Phi) is 3.69. The Labute approximate surface area is 118 Å². The Balaban J connectivity index is 1.86. The first-order valence-corrected chi connectivity index (χ1v) is 7.14. The fraction of sp³-hybridized carbons (Fsp3) is 0.467. The first-order chi connectivity index (χ1) is 9.78. The summed E-state index contributed by atoms with van der Waals surface area (Å²) in [6, 6.07) is 8.49. The zero-order valence-corrected chi connectivity index (χ0v) is 11.7. The number of nitrogens with two attached hydrogens (primary N) is 1. The van der Waals surface area contributed by atoms with Crippen LogP contribution in [-0.2, 0) is 0 Å². The van der Waals surface area contributed by atoms with Gasteiger partial charge in [0, 0.05) is 11.7 Å². The summed E-state index contributed by atoms with van der Waals surface area (Å²) >= 11 is 0. The number of anilines is 1. The van der Waals surface area contributed by atoms with E-state index in [2.05, 4.69) is 21.5 Å². The summed E-state index contributed by atoms with van der Waals surface area (Å²) in [7, 11) is 0. The van der Waals surface area contributed by atoms with Gasteiger partial charge in [-0.25, -0.2) is 0 Å². The van der Waals surface area contributed by atoms with Gasteiger partial charge in [0.05, 0.1) is 5.56 Å². The summed E-state index contributed by atoms with van der Waals surface area (Å²) in [4.78, 5) is 4.31. The zero-order valence-electron chi connectivity index (χ0n) is 11.7. The van der Waals surface area contributed by atoms with Gasteiger partial charge in [0.15, 0.2) is 5.82 Å². The maximum atomic E-state index is 5.85. The molecule has 0 radical (unpaired) electrons. The molecular weight excluding hydrogens is 252 g/mol. The van der Waals surface area contributed by atoms with Gasteiger partial charge in [-0.15, -0.1) is 0 Å². The van der Waals surface area contributed by atoms with Gasteiger partial charge in [-0.2, -0.15) is 4.98 Å². The van der Waals surface area contributed by atoms with Crippen molar-refractivity contribution in [3.8, 4) is 11.5 Å². The standard InChI is InChI=1S/C15H20N4O/c1-10-17-15(20-19-10)12-6-2-3-7-14(12)18-13-8-4-5-11(13)9-16/h2-3,6-7,11,13,18H,4-5,8-9,16H2,1H3. The SMILES string of the molecule is Cc1noc(-c2ccccc2NC2CCCC2CN)n1. The summed E-state index contributed by atoms with van der Waals surface area (Å²) in [6.45, 7) is 2.56.